The van der Waals surface area contributed by atoms with Crippen molar-refractivity contribution in [3.05, 3.63) is 54.1 Å². The van der Waals surface area contributed by atoms with Gasteiger partial charge in [0.15, 0.2) is 5.96 Å². The van der Waals surface area contributed by atoms with Gasteiger partial charge in [-0.05, 0) is 25.3 Å². The number of imidazole rings is 1. The lowest BCUT2D eigenvalue weighted by Crippen LogP contribution is -2.39. The fourth-order valence-corrected chi connectivity index (χ4v) is 3.11. The lowest BCUT2D eigenvalue weighted by Gasteiger charge is -2.13. The molecule has 0 bridgehead atoms. The summed E-state index contributed by atoms with van der Waals surface area (Å²) >= 11 is 0. The first-order chi connectivity index (χ1) is 12.8. The number of aromatic nitrogens is 2. The van der Waals surface area contributed by atoms with Gasteiger partial charge in [-0.15, -0.1) is 24.0 Å². The molecule has 6 nitrogen and oxygen atoms in total. The molecule has 0 spiro atoms. The van der Waals surface area contributed by atoms with Gasteiger partial charge in [0.05, 0.1) is 12.6 Å². The number of nitrogens with one attached hydrogen (secondary N) is 2. The Balaban J connectivity index is 0.00000261. The van der Waals surface area contributed by atoms with Crippen molar-refractivity contribution < 1.29 is 4.74 Å². The van der Waals surface area contributed by atoms with Gasteiger partial charge in [-0.2, -0.15) is 0 Å². The van der Waals surface area contributed by atoms with Crippen molar-refractivity contribution in [1.29, 1.82) is 0 Å². The Morgan fingerprint density at radius 2 is 2.15 bits per heavy atom. The fraction of sp³-hybridized carbons (Fsp3) is 0.500. The molecule has 148 valence electrons. The summed E-state index contributed by atoms with van der Waals surface area (Å²) in [4.78, 5) is 9.15. The molecule has 0 aliphatic carbocycles. The molecule has 0 saturated carbocycles. The number of rotatable bonds is 8. The molecular weight excluding hydrogens is 453 g/mol. The normalized spacial score (nSPS) is 16.8. The molecular formula is C20H30IN5O. The van der Waals surface area contributed by atoms with Crippen LogP contribution in [0.4, 0.5) is 0 Å². The molecule has 3 rings (SSSR count). The first-order valence-corrected chi connectivity index (χ1v) is 9.53. The average Bonchev–Trinajstić information content (AvgIpc) is 3.33. The molecule has 1 aromatic carbocycles. The third-order valence-corrected chi connectivity index (χ3v) is 4.46. The minimum atomic E-state index is 0. The molecule has 2 N–H and O–H groups in total. The third-order valence-electron chi connectivity index (χ3n) is 4.46. The maximum absolute atomic E-state index is 5.64. The van der Waals surface area contributed by atoms with Crippen molar-refractivity contribution in [2.24, 2.45) is 4.99 Å². The molecule has 1 saturated heterocycles. The second kappa shape index (κ2) is 12.0. The van der Waals surface area contributed by atoms with Crippen molar-refractivity contribution in [3.8, 4) is 0 Å². The molecule has 7 heteroatoms. The molecule has 2 aromatic rings. The molecule has 1 aliphatic rings. The van der Waals surface area contributed by atoms with Gasteiger partial charge in [0.25, 0.3) is 0 Å². The van der Waals surface area contributed by atoms with Crippen molar-refractivity contribution in [2.45, 2.75) is 38.8 Å². The molecule has 1 unspecified atom stereocenters. The third kappa shape index (κ3) is 7.14. The second-order valence-corrected chi connectivity index (χ2v) is 6.49. The summed E-state index contributed by atoms with van der Waals surface area (Å²) in [6.07, 6.45) is 7.29. The summed E-state index contributed by atoms with van der Waals surface area (Å²) in [5.74, 6) is 1.93. The highest BCUT2D eigenvalue weighted by Crippen LogP contribution is 2.11. The molecule has 0 amide bonds. The Kier molecular flexibility index (Phi) is 9.61. The van der Waals surface area contributed by atoms with E-state index in [1.54, 1.807) is 0 Å². The summed E-state index contributed by atoms with van der Waals surface area (Å²) in [6.45, 7) is 6.16. The van der Waals surface area contributed by atoms with Crippen molar-refractivity contribution >= 4 is 29.9 Å². The first-order valence-electron chi connectivity index (χ1n) is 9.53. The van der Waals surface area contributed by atoms with E-state index in [2.05, 4.69) is 56.4 Å². The highest BCUT2D eigenvalue weighted by Gasteiger charge is 2.14. The van der Waals surface area contributed by atoms with Gasteiger partial charge in [0, 0.05) is 45.1 Å². The molecule has 27 heavy (non-hydrogen) atoms. The molecule has 1 fully saturated rings. The van der Waals surface area contributed by atoms with Crippen molar-refractivity contribution in [1.82, 2.24) is 20.2 Å². The molecule has 1 aliphatic heterocycles. The Hall–Kier alpha value is -1.61. The zero-order valence-corrected chi connectivity index (χ0v) is 18.3. The smallest absolute Gasteiger partial charge is 0.191 e. The van der Waals surface area contributed by atoms with Crippen LogP contribution in [0.5, 0.6) is 0 Å². The van der Waals surface area contributed by atoms with Crippen LogP contribution in [0.3, 0.4) is 0 Å². The minimum Gasteiger partial charge on any atom is -0.376 e. The number of hydrogen-bond acceptors (Lipinski definition) is 3. The van der Waals surface area contributed by atoms with Crippen LogP contribution in [0.2, 0.25) is 0 Å². The van der Waals surface area contributed by atoms with Gasteiger partial charge in [0.2, 0.25) is 0 Å². The van der Waals surface area contributed by atoms with E-state index < -0.39 is 0 Å². The lowest BCUT2D eigenvalue weighted by molar-refractivity contribution is 0.117. The van der Waals surface area contributed by atoms with E-state index in [1.165, 1.54) is 5.56 Å². The maximum atomic E-state index is 5.64. The van der Waals surface area contributed by atoms with Gasteiger partial charge in [-0.25, -0.2) is 4.98 Å². The van der Waals surface area contributed by atoms with Crippen LogP contribution >= 0.6 is 24.0 Å². The average molecular weight is 483 g/mol. The van der Waals surface area contributed by atoms with E-state index >= 15 is 0 Å². The Morgan fingerprint density at radius 3 is 2.89 bits per heavy atom. The number of ether oxygens (including phenoxy) is 1. The zero-order valence-electron chi connectivity index (χ0n) is 15.9. The highest BCUT2D eigenvalue weighted by atomic mass is 127. The van der Waals surface area contributed by atoms with Crippen molar-refractivity contribution in [2.75, 3.05) is 26.2 Å². The zero-order chi connectivity index (χ0) is 18.0. The SMILES string of the molecule is CCNC(=NCC1CCCO1)NCCc1nccn1Cc1ccccc1.I. The quantitative estimate of drug-likeness (QED) is 0.345. The summed E-state index contributed by atoms with van der Waals surface area (Å²) in [5.41, 5.74) is 1.28. The van der Waals surface area contributed by atoms with E-state index in [1.807, 2.05) is 18.5 Å². The Labute approximate surface area is 178 Å². The number of guanidine groups is 1. The maximum Gasteiger partial charge on any atom is 0.191 e. The van der Waals surface area contributed by atoms with Crippen LogP contribution in [0.25, 0.3) is 0 Å². The number of benzene rings is 1. The van der Waals surface area contributed by atoms with Gasteiger partial charge in [-0.1, -0.05) is 30.3 Å². The lowest BCUT2D eigenvalue weighted by atomic mass is 10.2. The van der Waals surface area contributed by atoms with E-state index in [0.29, 0.717) is 0 Å². The first kappa shape index (κ1) is 21.7. The highest BCUT2D eigenvalue weighted by molar-refractivity contribution is 14.0. The molecule has 1 aromatic heterocycles. The molecule has 2 heterocycles. The van der Waals surface area contributed by atoms with Gasteiger partial charge in [0.1, 0.15) is 5.82 Å². The number of hydrogen-bond donors (Lipinski definition) is 2. The van der Waals surface area contributed by atoms with Gasteiger partial charge < -0.3 is 19.9 Å². The molecule has 1 atom stereocenters. The number of nitrogens with zero attached hydrogens (tertiary/aromatic N) is 3. The second-order valence-electron chi connectivity index (χ2n) is 6.49. The summed E-state index contributed by atoms with van der Waals surface area (Å²) < 4.78 is 7.84. The van der Waals surface area contributed by atoms with Crippen LogP contribution in [0, 0.1) is 0 Å². The topological polar surface area (TPSA) is 63.5 Å². The van der Waals surface area contributed by atoms with Crippen LogP contribution < -0.4 is 10.6 Å². The van der Waals surface area contributed by atoms with Crippen LogP contribution in [-0.4, -0.2) is 47.9 Å². The standard InChI is InChI=1S/C20H29N5O.HI/c1-2-21-20(24-15-18-9-6-14-26-18)23-11-10-19-22-12-13-25(19)16-17-7-4-3-5-8-17;/h3-5,7-8,12-13,18H,2,6,9-11,14-16H2,1H3,(H2,21,23,24);1H. The number of halogens is 1. The van der Waals surface area contributed by atoms with E-state index in [0.717, 1.165) is 63.8 Å². The Bertz CT molecular complexity index is 683. The van der Waals surface area contributed by atoms with Crippen LogP contribution in [0.15, 0.2) is 47.7 Å². The predicted molar refractivity (Wildman–Crippen MR) is 120 cm³/mol. The Morgan fingerprint density at radius 1 is 1.30 bits per heavy atom. The van der Waals surface area contributed by atoms with Gasteiger partial charge >= 0.3 is 0 Å². The fourth-order valence-electron chi connectivity index (χ4n) is 3.11. The number of aliphatic imine (C=N–C) groups is 1. The van der Waals surface area contributed by atoms with Crippen LogP contribution in [0.1, 0.15) is 31.2 Å². The molecule has 0 radical (unpaired) electrons. The monoisotopic (exact) mass is 483 g/mol. The van der Waals surface area contributed by atoms with E-state index in [-0.39, 0.29) is 30.1 Å². The largest absolute Gasteiger partial charge is 0.376 e. The predicted octanol–water partition coefficient (Wildman–Crippen LogP) is 2.83. The summed E-state index contributed by atoms with van der Waals surface area (Å²) in [6, 6.07) is 10.5. The van der Waals surface area contributed by atoms with Crippen LogP contribution in [-0.2, 0) is 17.7 Å². The summed E-state index contributed by atoms with van der Waals surface area (Å²) in [7, 11) is 0. The van der Waals surface area contributed by atoms with Crippen molar-refractivity contribution in [3.63, 3.8) is 0 Å². The van der Waals surface area contributed by atoms with E-state index in [9.17, 15) is 0 Å². The minimum absolute atomic E-state index is 0. The van der Waals surface area contributed by atoms with E-state index in [4.69, 9.17) is 4.74 Å². The summed E-state index contributed by atoms with van der Waals surface area (Å²) in [5, 5.41) is 6.70. The van der Waals surface area contributed by atoms with Gasteiger partial charge in [-0.3, -0.25) is 4.99 Å².